The number of nitrogens with one attached hydrogen (secondary N) is 1. The number of morpholine rings is 1. The average molecular weight is 275 g/mol. The largest absolute Gasteiger partial charge is 0.424 e. The van der Waals surface area contributed by atoms with Gasteiger partial charge in [0.2, 0.25) is 0 Å². The van der Waals surface area contributed by atoms with Crippen LogP contribution in [0.4, 0.5) is 4.39 Å². The average Bonchev–Trinajstić information content (AvgIpc) is 2.51. The third-order valence-corrected chi connectivity index (χ3v) is 2.99. The number of halogens is 1. The summed E-state index contributed by atoms with van der Waals surface area (Å²) >= 11 is 0. The molecule has 0 spiro atoms. The maximum Gasteiger partial charge on any atom is 0.321 e. The number of hydrogen-bond donors (Lipinski definition) is 1. The molecule has 0 unspecified atom stereocenters. The fourth-order valence-electron chi connectivity index (χ4n) is 2.04. The smallest absolute Gasteiger partial charge is 0.321 e. The predicted molar refractivity (Wildman–Crippen MR) is 70.1 cm³/mol. The lowest BCUT2D eigenvalue weighted by Gasteiger charge is -2.24. The Morgan fingerprint density at radius 2 is 2.15 bits per heavy atom. The van der Waals surface area contributed by atoms with Gasteiger partial charge in [0.1, 0.15) is 11.6 Å². The van der Waals surface area contributed by atoms with Crippen LogP contribution >= 0.6 is 0 Å². The Hall–Kier alpha value is -2.05. The highest BCUT2D eigenvalue weighted by atomic mass is 19.1. The van der Waals surface area contributed by atoms with E-state index in [9.17, 15) is 4.39 Å². The molecule has 1 aromatic carbocycles. The summed E-state index contributed by atoms with van der Waals surface area (Å²) in [6, 6.07) is 6.47. The Bertz CT molecular complexity index is 574. The van der Waals surface area contributed by atoms with Crippen molar-refractivity contribution in [3.63, 3.8) is 0 Å². The van der Waals surface area contributed by atoms with Gasteiger partial charge in [-0.2, -0.15) is 0 Å². The van der Waals surface area contributed by atoms with Gasteiger partial charge in [-0.25, -0.2) is 14.4 Å². The Balaban J connectivity index is 1.82. The van der Waals surface area contributed by atoms with E-state index < -0.39 is 0 Å². The summed E-state index contributed by atoms with van der Waals surface area (Å²) in [4.78, 5) is 7.94. The third-order valence-electron chi connectivity index (χ3n) is 2.99. The van der Waals surface area contributed by atoms with Gasteiger partial charge in [0.05, 0.1) is 12.7 Å². The highest BCUT2D eigenvalue weighted by Gasteiger charge is 2.20. The van der Waals surface area contributed by atoms with E-state index in [1.54, 1.807) is 30.6 Å². The van der Waals surface area contributed by atoms with Crippen molar-refractivity contribution in [2.45, 2.75) is 6.10 Å². The van der Waals surface area contributed by atoms with E-state index in [1.807, 2.05) is 0 Å². The first kappa shape index (κ1) is 13.0. The standard InChI is InChI=1S/C14H14FN3O2/c15-12-3-2-10(20-14-17-4-1-5-18-14)8-11(12)13-9-16-6-7-19-13/h1-5,8,13,16H,6-7,9H2/t13-/m0/s1. The van der Waals surface area contributed by atoms with Gasteiger partial charge >= 0.3 is 6.01 Å². The first-order chi connectivity index (χ1) is 9.83. The SMILES string of the molecule is Fc1ccc(Oc2ncccn2)cc1[C@@H]1CNCCO1. The number of ether oxygens (including phenoxy) is 2. The van der Waals surface area contributed by atoms with Crippen molar-refractivity contribution >= 4 is 0 Å². The Kier molecular flexibility index (Phi) is 3.85. The zero-order chi connectivity index (χ0) is 13.8. The van der Waals surface area contributed by atoms with Crippen molar-refractivity contribution in [1.29, 1.82) is 0 Å². The lowest BCUT2D eigenvalue weighted by atomic mass is 10.1. The minimum Gasteiger partial charge on any atom is -0.424 e. The molecule has 3 rings (SSSR count). The molecule has 0 saturated carbocycles. The second-order valence-electron chi connectivity index (χ2n) is 4.38. The number of hydrogen-bond acceptors (Lipinski definition) is 5. The van der Waals surface area contributed by atoms with Gasteiger partial charge < -0.3 is 14.8 Å². The first-order valence-electron chi connectivity index (χ1n) is 6.39. The molecule has 1 atom stereocenters. The second kappa shape index (κ2) is 5.94. The molecular formula is C14H14FN3O2. The number of nitrogens with zero attached hydrogens (tertiary/aromatic N) is 2. The quantitative estimate of drug-likeness (QED) is 0.929. The molecule has 1 saturated heterocycles. The van der Waals surface area contributed by atoms with Crippen LogP contribution in [0.2, 0.25) is 0 Å². The molecule has 0 amide bonds. The molecule has 5 nitrogen and oxygen atoms in total. The molecule has 1 N–H and O–H groups in total. The minimum atomic E-state index is -0.306. The van der Waals surface area contributed by atoms with Crippen LogP contribution in [0.5, 0.6) is 11.8 Å². The third kappa shape index (κ3) is 2.92. The van der Waals surface area contributed by atoms with Gasteiger partial charge in [-0.3, -0.25) is 0 Å². The highest BCUT2D eigenvalue weighted by Crippen LogP contribution is 2.27. The van der Waals surface area contributed by atoms with Crippen molar-refractivity contribution < 1.29 is 13.9 Å². The van der Waals surface area contributed by atoms with Gasteiger partial charge in [-0.1, -0.05) is 0 Å². The molecule has 6 heteroatoms. The number of benzene rings is 1. The van der Waals surface area contributed by atoms with E-state index in [1.165, 1.54) is 6.07 Å². The van der Waals surface area contributed by atoms with Gasteiger partial charge in [-0.05, 0) is 24.3 Å². The number of aromatic nitrogens is 2. The molecule has 1 fully saturated rings. The molecule has 0 radical (unpaired) electrons. The molecule has 0 aliphatic carbocycles. The van der Waals surface area contributed by atoms with Crippen LogP contribution in [0.15, 0.2) is 36.7 Å². The minimum absolute atomic E-state index is 0.229. The molecule has 1 aliphatic rings. The van der Waals surface area contributed by atoms with E-state index in [0.29, 0.717) is 24.5 Å². The van der Waals surface area contributed by atoms with Crippen LogP contribution < -0.4 is 10.1 Å². The fraction of sp³-hybridized carbons (Fsp3) is 0.286. The second-order valence-corrected chi connectivity index (χ2v) is 4.38. The van der Waals surface area contributed by atoms with Gasteiger partial charge in [0.15, 0.2) is 0 Å². The van der Waals surface area contributed by atoms with Crippen molar-refractivity contribution in [2.75, 3.05) is 19.7 Å². The van der Waals surface area contributed by atoms with Gasteiger partial charge in [0.25, 0.3) is 0 Å². The maximum atomic E-state index is 13.9. The van der Waals surface area contributed by atoms with E-state index in [2.05, 4.69) is 15.3 Å². The van der Waals surface area contributed by atoms with Crippen LogP contribution in [0.25, 0.3) is 0 Å². The lowest BCUT2D eigenvalue weighted by Crippen LogP contribution is -2.33. The van der Waals surface area contributed by atoms with E-state index in [-0.39, 0.29) is 17.9 Å². The molecule has 0 bridgehead atoms. The molecule has 1 aliphatic heterocycles. The maximum absolute atomic E-state index is 13.9. The number of rotatable bonds is 3. The Labute approximate surface area is 115 Å². The zero-order valence-electron chi connectivity index (χ0n) is 10.8. The highest BCUT2D eigenvalue weighted by molar-refractivity contribution is 5.33. The van der Waals surface area contributed by atoms with Crippen LogP contribution in [-0.2, 0) is 4.74 Å². The van der Waals surface area contributed by atoms with E-state index in [0.717, 1.165) is 6.54 Å². The summed E-state index contributed by atoms with van der Waals surface area (Å²) < 4.78 is 25.0. The Morgan fingerprint density at radius 3 is 2.90 bits per heavy atom. The van der Waals surface area contributed by atoms with Crippen LogP contribution in [-0.4, -0.2) is 29.7 Å². The van der Waals surface area contributed by atoms with Crippen LogP contribution in [0, 0.1) is 5.82 Å². The van der Waals surface area contributed by atoms with E-state index in [4.69, 9.17) is 9.47 Å². The van der Waals surface area contributed by atoms with Gasteiger partial charge in [-0.15, -0.1) is 0 Å². The molecule has 2 aromatic rings. The van der Waals surface area contributed by atoms with Crippen molar-refractivity contribution in [1.82, 2.24) is 15.3 Å². The van der Waals surface area contributed by atoms with Crippen LogP contribution in [0.3, 0.4) is 0 Å². The fourth-order valence-corrected chi connectivity index (χ4v) is 2.04. The zero-order valence-corrected chi connectivity index (χ0v) is 10.8. The summed E-state index contributed by atoms with van der Waals surface area (Å²) in [6.07, 6.45) is 2.87. The summed E-state index contributed by atoms with van der Waals surface area (Å²) in [6.45, 7) is 1.94. The Morgan fingerprint density at radius 1 is 1.30 bits per heavy atom. The van der Waals surface area contributed by atoms with Gasteiger partial charge in [0, 0.05) is 31.0 Å². The molecule has 20 heavy (non-hydrogen) atoms. The molecule has 1 aromatic heterocycles. The predicted octanol–water partition coefficient (Wildman–Crippen LogP) is 2.07. The summed E-state index contributed by atoms with van der Waals surface area (Å²) in [5.41, 5.74) is 0.477. The first-order valence-corrected chi connectivity index (χ1v) is 6.39. The molecule has 104 valence electrons. The lowest BCUT2D eigenvalue weighted by molar-refractivity contribution is 0.0254. The molecule has 2 heterocycles. The summed E-state index contributed by atoms with van der Waals surface area (Å²) in [5, 5.41) is 3.17. The molecular weight excluding hydrogens is 261 g/mol. The van der Waals surface area contributed by atoms with Crippen LogP contribution in [0.1, 0.15) is 11.7 Å². The van der Waals surface area contributed by atoms with Crippen molar-refractivity contribution in [3.05, 3.63) is 48.0 Å². The monoisotopic (exact) mass is 275 g/mol. The topological polar surface area (TPSA) is 56.3 Å². The normalized spacial score (nSPS) is 18.8. The van der Waals surface area contributed by atoms with Crippen molar-refractivity contribution in [2.24, 2.45) is 0 Å². The summed E-state index contributed by atoms with van der Waals surface area (Å²) in [5.74, 6) is 0.182. The van der Waals surface area contributed by atoms with Crippen molar-refractivity contribution in [3.8, 4) is 11.8 Å². The van der Waals surface area contributed by atoms with E-state index >= 15 is 0 Å². The summed E-state index contributed by atoms with van der Waals surface area (Å²) in [7, 11) is 0.